The molecule has 0 amide bonds. The first-order valence-corrected chi connectivity index (χ1v) is 9.49. The molecule has 0 spiro atoms. The number of hydrogen-bond acceptors (Lipinski definition) is 2. The van der Waals surface area contributed by atoms with Crippen molar-refractivity contribution in [1.29, 1.82) is 0 Å². The lowest BCUT2D eigenvalue weighted by Gasteiger charge is -2.30. The van der Waals surface area contributed by atoms with Gasteiger partial charge in [0.05, 0.1) is 14.3 Å². The number of rotatable bonds is 6. The molecular formula is C15H23NOSi. The summed E-state index contributed by atoms with van der Waals surface area (Å²) in [5.74, 6) is 0. The van der Waals surface area contributed by atoms with Crippen LogP contribution in [-0.2, 0) is 4.84 Å². The van der Waals surface area contributed by atoms with Gasteiger partial charge in [-0.1, -0.05) is 73.2 Å². The Morgan fingerprint density at radius 2 is 1.94 bits per heavy atom. The minimum atomic E-state index is -1.46. The van der Waals surface area contributed by atoms with Crippen LogP contribution in [0, 0.1) is 0 Å². The largest absolute Gasteiger partial charge is 0.399 e. The highest BCUT2D eigenvalue weighted by Crippen LogP contribution is 2.26. The molecule has 0 aromatic heterocycles. The van der Waals surface area contributed by atoms with E-state index < -0.39 is 8.07 Å². The van der Waals surface area contributed by atoms with E-state index in [9.17, 15) is 0 Å². The fourth-order valence-corrected chi connectivity index (χ4v) is 5.34. The van der Waals surface area contributed by atoms with Gasteiger partial charge in [-0.3, -0.25) is 0 Å². The van der Waals surface area contributed by atoms with Crippen molar-refractivity contribution >= 4 is 19.5 Å². The van der Waals surface area contributed by atoms with Crippen molar-refractivity contribution in [2.75, 3.05) is 7.11 Å². The maximum Gasteiger partial charge on any atom is 0.106 e. The maximum absolute atomic E-state index is 4.66. The van der Waals surface area contributed by atoms with Crippen molar-refractivity contribution in [3.05, 3.63) is 42.5 Å². The predicted octanol–water partition coefficient (Wildman–Crippen LogP) is 3.57. The Hall–Kier alpha value is -1.35. The van der Waals surface area contributed by atoms with Gasteiger partial charge in [-0.25, -0.2) is 0 Å². The van der Waals surface area contributed by atoms with E-state index in [0.29, 0.717) is 5.54 Å². The lowest BCUT2D eigenvalue weighted by atomic mass is 10.3. The van der Waals surface area contributed by atoms with Crippen molar-refractivity contribution in [3.8, 4) is 0 Å². The van der Waals surface area contributed by atoms with Gasteiger partial charge in [0.1, 0.15) is 7.11 Å². The SMILES string of the molecule is CC[C@@H](/C=C/C=N/OC)[Si](C)(C)c1ccccc1. The van der Waals surface area contributed by atoms with Crippen LogP contribution in [0.2, 0.25) is 18.6 Å². The summed E-state index contributed by atoms with van der Waals surface area (Å²) in [6.07, 6.45) is 7.13. The van der Waals surface area contributed by atoms with Gasteiger partial charge in [-0.15, -0.1) is 0 Å². The number of benzene rings is 1. The third-order valence-electron chi connectivity index (χ3n) is 3.48. The van der Waals surface area contributed by atoms with Crippen LogP contribution >= 0.6 is 0 Å². The molecule has 1 atom stereocenters. The second kappa shape index (κ2) is 7.16. The van der Waals surface area contributed by atoms with Crippen LogP contribution in [0.5, 0.6) is 0 Å². The third kappa shape index (κ3) is 3.84. The number of allylic oxidation sites excluding steroid dienone is 2. The minimum Gasteiger partial charge on any atom is -0.399 e. The minimum absolute atomic E-state index is 0.614. The summed E-state index contributed by atoms with van der Waals surface area (Å²) in [4.78, 5) is 4.66. The van der Waals surface area contributed by atoms with Crippen LogP contribution in [-0.4, -0.2) is 21.4 Å². The Morgan fingerprint density at radius 1 is 1.28 bits per heavy atom. The second-order valence-electron chi connectivity index (χ2n) is 4.92. The molecule has 1 aromatic rings. The van der Waals surface area contributed by atoms with Gasteiger partial charge in [-0.05, 0) is 11.6 Å². The molecule has 0 heterocycles. The Balaban J connectivity index is 2.86. The van der Waals surface area contributed by atoms with Crippen LogP contribution < -0.4 is 5.19 Å². The average Bonchev–Trinajstić information content (AvgIpc) is 2.39. The van der Waals surface area contributed by atoms with Gasteiger partial charge in [0.15, 0.2) is 0 Å². The van der Waals surface area contributed by atoms with Gasteiger partial charge in [0.2, 0.25) is 0 Å². The lowest BCUT2D eigenvalue weighted by Crippen LogP contribution is -2.45. The molecule has 0 fully saturated rings. The molecule has 0 bridgehead atoms. The highest BCUT2D eigenvalue weighted by molar-refractivity contribution is 6.91. The summed E-state index contributed by atoms with van der Waals surface area (Å²) >= 11 is 0. The summed E-state index contributed by atoms with van der Waals surface area (Å²) in [6.45, 7) is 7.10. The molecule has 0 saturated heterocycles. The predicted molar refractivity (Wildman–Crippen MR) is 82.2 cm³/mol. The Kier molecular flexibility index (Phi) is 5.85. The highest BCUT2D eigenvalue weighted by atomic mass is 28.3. The molecule has 0 unspecified atom stereocenters. The lowest BCUT2D eigenvalue weighted by molar-refractivity contribution is 0.215. The van der Waals surface area contributed by atoms with Gasteiger partial charge >= 0.3 is 0 Å². The zero-order valence-corrected chi connectivity index (χ0v) is 12.8. The van der Waals surface area contributed by atoms with Crippen LogP contribution in [0.15, 0.2) is 47.6 Å². The first kappa shape index (κ1) is 14.7. The summed E-state index contributed by atoms with van der Waals surface area (Å²) in [7, 11) is 0.101. The molecule has 2 nitrogen and oxygen atoms in total. The first-order valence-electron chi connectivity index (χ1n) is 6.41. The average molecular weight is 261 g/mol. The van der Waals surface area contributed by atoms with Crippen LogP contribution in [0.3, 0.4) is 0 Å². The quantitative estimate of drug-likeness (QED) is 0.436. The monoisotopic (exact) mass is 261 g/mol. The molecule has 0 saturated carbocycles. The molecule has 0 aliphatic rings. The molecule has 1 rings (SSSR count). The summed E-state index contributed by atoms with van der Waals surface area (Å²) in [6, 6.07) is 10.9. The van der Waals surface area contributed by atoms with E-state index in [-0.39, 0.29) is 0 Å². The van der Waals surface area contributed by atoms with E-state index in [1.54, 1.807) is 13.3 Å². The zero-order chi connectivity index (χ0) is 13.4. The summed E-state index contributed by atoms with van der Waals surface area (Å²) in [5.41, 5.74) is 0.614. The molecular weight excluding hydrogens is 238 g/mol. The molecule has 0 radical (unpaired) electrons. The van der Waals surface area contributed by atoms with E-state index in [1.165, 1.54) is 5.19 Å². The Morgan fingerprint density at radius 3 is 2.50 bits per heavy atom. The first-order chi connectivity index (χ1) is 8.62. The van der Waals surface area contributed by atoms with Gasteiger partial charge < -0.3 is 4.84 Å². The topological polar surface area (TPSA) is 21.6 Å². The van der Waals surface area contributed by atoms with Gasteiger partial charge in [-0.2, -0.15) is 0 Å². The van der Waals surface area contributed by atoms with Crippen LogP contribution in [0.25, 0.3) is 0 Å². The fourth-order valence-electron chi connectivity index (χ4n) is 2.25. The van der Waals surface area contributed by atoms with E-state index in [2.05, 4.69) is 66.4 Å². The smallest absolute Gasteiger partial charge is 0.106 e. The maximum atomic E-state index is 4.66. The molecule has 0 aliphatic carbocycles. The molecule has 98 valence electrons. The van der Waals surface area contributed by atoms with Crippen molar-refractivity contribution in [1.82, 2.24) is 0 Å². The second-order valence-corrected chi connectivity index (χ2v) is 9.69. The van der Waals surface area contributed by atoms with E-state index in [0.717, 1.165) is 6.42 Å². The van der Waals surface area contributed by atoms with E-state index in [4.69, 9.17) is 0 Å². The van der Waals surface area contributed by atoms with Gasteiger partial charge in [0, 0.05) is 0 Å². The number of nitrogens with zero attached hydrogens (tertiary/aromatic N) is 1. The number of oxime groups is 1. The molecule has 0 N–H and O–H groups in total. The normalized spacial score (nSPS) is 14.2. The van der Waals surface area contributed by atoms with E-state index >= 15 is 0 Å². The molecule has 18 heavy (non-hydrogen) atoms. The number of hydrogen-bond donors (Lipinski definition) is 0. The fraction of sp³-hybridized carbons (Fsp3) is 0.400. The van der Waals surface area contributed by atoms with Crippen molar-refractivity contribution < 1.29 is 4.84 Å². The molecule has 3 heteroatoms. The van der Waals surface area contributed by atoms with Crippen LogP contribution in [0.4, 0.5) is 0 Å². The van der Waals surface area contributed by atoms with Gasteiger partial charge in [0.25, 0.3) is 0 Å². The molecule has 1 aromatic carbocycles. The Labute approximate surface area is 111 Å². The summed E-state index contributed by atoms with van der Waals surface area (Å²) < 4.78 is 0. The third-order valence-corrected chi connectivity index (χ3v) is 7.76. The molecule has 0 aliphatic heterocycles. The highest BCUT2D eigenvalue weighted by Gasteiger charge is 2.30. The zero-order valence-electron chi connectivity index (χ0n) is 11.8. The van der Waals surface area contributed by atoms with Crippen molar-refractivity contribution in [2.45, 2.75) is 32.0 Å². The van der Waals surface area contributed by atoms with E-state index in [1.807, 2.05) is 6.08 Å². The Bertz CT molecular complexity index is 398. The standard InChI is InChI=1S/C15H23NOSi/c1-5-14(12-9-13-16-17-2)18(3,4)15-10-7-6-8-11-15/h6-14H,5H2,1-4H3/b12-9+,16-13+/t14-/m0/s1. The summed E-state index contributed by atoms with van der Waals surface area (Å²) in [5, 5.41) is 5.24. The van der Waals surface area contributed by atoms with Crippen LogP contribution in [0.1, 0.15) is 13.3 Å². The van der Waals surface area contributed by atoms with Crippen molar-refractivity contribution in [2.24, 2.45) is 5.16 Å². The van der Waals surface area contributed by atoms with Crippen molar-refractivity contribution in [3.63, 3.8) is 0 Å².